The van der Waals surface area contributed by atoms with Crippen molar-refractivity contribution >= 4 is 92.9 Å². The predicted molar refractivity (Wildman–Crippen MR) is 513 cm³/mol. The van der Waals surface area contributed by atoms with Gasteiger partial charge in [0.25, 0.3) is 0 Å². The van der Waals surface area contributed by atoms with E-state index in [1.807, 2.05) is 0 Å². The maximum absolute atomic E-state index is 11.9. The SMILES string of the molecule is CC=C1CC[C@H]2[C@@H]3CC[C@H]4CC(=O)CC[C@@H]4[C@H]3CC[C@]12C.CC=C1CC[C@H]2[C@@H]3CC[C@H]4C[C@@](O)(c5ccccc5)CC[C@@H]4[C@H]3CC[C@]12C.CC=C1CC[C@H]2[C@@H]3CC[C@H]4C[C@@](O)(c5ccccc5)CC[C@@H]4[C@H]3CC[C@]12C.CC=C1CC[C@H]2[C@@H]3CC[C@H]4C[C@@](O)(c5ccccc5)CC[C@@H]4[C@H]3CC[C@]12C.O=S(=O)(CF)c1ccccc1.O=S(=O)=CF.O=S(=O)=CF.O=S(=O)=CF.[Hg].[Na]. The Kier molecular flexibility index (Phi) is 37.9. The van der Waals surface area contributed by atoms with Crippen molar-refractivity contribution in [3.8, 4) is 0 Å². The zero-order chi connectivity index (χ0) is 91.7. The molecule has 0 heterocycles. The number of alkyl halides is 1. The van der Waals surface area contributed by atoms with Gasteiger partial charge in [-0.15, -0.1) is 0 Å². The van der Waals surface area contributed by atoms with Crippen LogP contribution in [0.2, 0.25) is 0 Å². The second kappa shape index (κ2) is 46.2. The number of hydrogen-bond acceptors (Lipinski definition) is 12. The van der Waals surface area contributed by atoms with E-state index in [4.69, 9.17) is 25.3 Å². The number of fused-ring (bicyclic) bond motifs is 20. The Morgan fingerprint density at radius 1 is 0.338 bits per heavy atom. The van der Waals surface area contributed by atoms with Crippen molar-refractivity contribution in [2.24, 2.45) is 140 Å². The molecule has 707 valence electrons. The van der Waals surface area contributed by atoms with Crippen LogP contribution in [0.15, 0.2) is 173 Å². The number of sulfone groups is 1. The van der Waals surface area contributed by atoms with Crippen molar-refractivity contribution in [1.82, 2.24) is 0 Å². The van der Waals surface area contributed by atoms with Gasteiger partial charge in [0.15, 0.2) is 6.01 Å². The summed E-state index contributed by atoms with van der Waals surface area (Å²) in [5, 5.41) is 34.3. The predicted octanol–water partition coefficient (Wildman–Crippen LogP) is 24.4. The third kappa shape index (κ3) is 22.8. The average molecular weight is 2070 g/mol. The number of ketones is 1. The van der Waals surface area contributed by atoms with Gasteiger partial charge < -0.3 is 15.3 Å². The number of benzene rings is 4. The fraction of sp³-hybridized carbons (Fsp3) is 0.667. The van der Waals surface area contributed by atoms with E-state index in [2.05, 4.69) is 171 Å². The number of Topliss-reactive ketones (excluding diaryl/α,β-unsaturated/α-hetero) is 1. The Morgan fingerprint density at radius 2 is 0.577 bits per heavy atom. The Balaban J connectivity index is 0.000000153. The first-order valence-corrected chi connectivity index (χ1v) is 54.2. The Labute approximate surface area is 823 Å². The minimum absolute atomic E-state index is 0. The van der Waals surface area contributed by atoms with Gasteiger partial charge >= 0.3 is 0 Å². The van der Waals surface area contributed by atoms with Crippen LogP contribution in [-0.2, 0) is 90.0 Å². The molecule has 0 bridgehead atoms. The summed E-state index contributed by atoms with van der Waals surface area (Å²) in [5.74, 6) is 18.3. The summed E-state index contributed by atoms with van der Waals surface area (Å²) in [7, 11) is -11.5. The first-order valence-electron chi connectivity index (χ1n) is 49.1. The van der Waals surface area contributed by atoms with Gasteiger partial charge in [-0.05, 0) is 415 Å². The van der Waals surface area contributed by atoms with Crippen molar-refractivity contribution in [3.05, 3.63) is 185 Å². The summed E-state index contributed by atoms with van der Waals surface area (Å²) < 4.78 is 118. The van der Waals surface area contributed by atoms with E-state index in [0.29, 0.717) is 27.4 Å². The summed E-state index contributed by atoms with van der Waals surface area (Å²) in [6.07, 6.45) is 55.8. The van der Waals surface area contributed by atoms with Crippen LogP contribution in [0.5, 0.6) is 0 Å². The molecule has 16 fully saturated rings. The van der Waals surface area contributed by atoms with Gasteiger partial charge in [0, 0.05) is 70.1 Å². The number of allylic oxidation sites excluding steroid dienone is 8. The molecule has 130 heavy (non-hydrogen) atoms. The van der Waals surface area contributed by atoms with Crippen molar-refractivity contribution in [2.75, 3.05) is 6.01 Å². The zero-order valence-electron chi connectivity index (χ0n) is 79.2. The number of halogens is 4. The summed E-state index contributed by atoms with van der Waals surface area (Å²) in [4.78, 5) is 11.8. The third-order valence-electron chi connectivity index (χ3n) is 38.0. The summed E-state index contributed by atoms with van der Waals surface area (Å²) in [5.41, 5.74) is 9.52. The van der Waals surface area contributed by atoms with E-state index in [1.54, 1.807) is 40.5 Å². The molecule has 16 aliphatic carbocycles. The number of hydrogen-bond donors (Lipinski definition) is 3. The maximum Gasteiger partial charge on any atom is 0.242 e. The van der Waals surface area contributed by atoms with Crippen LogP contribution in [0.25, 0.3) is 0 Å². The molecule has 0 spiro atoms. The van der Waals surface area contributed by atoms with E-state index in [-0.39, 0.29) is 62.1 Å². The molecule has 27 atom stereocenters. The molecular weight excluding hydrogens is 1920 g/mol. The first-order chi connectivity index (χ1) is 61.3. The normalized spacial score (nSPS) is 39.9. The van der Waals surface area contributed by atoms with Crippen LogP contribution in [0.1, 0.15) is 303 Å². The van der Waals surface area contributed by atoms with Gasteiger partial charge in [0.1, 0.15) is 5.78 Å². The third-order valence-corrected chi connectivity index (χ3v) is 39.7. The Morgan fingerprint density at radius 3 is 0.823 bits per heavy atom. The minimum Gasteiger partial charge on any atom is -0.385 e. The molecule has 16 aliphatic rings. The van der Waals surface area contributed by atoms with E-state index in [0.717, 1.165) is 186 Å². The van der Waals surface area contributed by atoms with E-state index in [9.17, 15) is 46.1 Å². The fourth-order valence-electron chi connectivity index (χ4n) is 32.3. The van der Waals surface area contributed by atoms with Gasteiger partial charge in [-0.25, -0.2) is 12.8 Å². The van der Waals surface area contributed by atoms with Crippen LogP contribution >= 0.6 is 0 Å². The number of aliphatic hydroxyl groups is 3. The largest absolute Gasteiger partial charge is 0.385 e. The van der Waals surface area contributed by atoms with Gasteiger partial charge in [-0.3, -0.25) is 4.79 Å². The summed E-state index contributed by atoms with van der Waals surface area (Å²) in [6, 6.07) is 37.7. The first kappa shape index (κ1) is 107. The standard InChI is InChI=1S/3C26H36O.C20H30O.C7H7FO2S.3CHFO2S.Hg.Na/c3*1-3-19-10-12-24-23-11-9-18-17-26(27,20-7-5-4-6-8-20)16-14-21(18)22(23)13-15-25(19,24)2;1-3-14-5-9-19-18-7-4-13-12-15(21)6-8-16(13)17(18)10-11-20(14,19)2;8-6-11(9,10)7-4-2-1-3-5-7;3*2-1-5(3)4;;/h3*3-8,18,21-24,27H,9-17H2,1-2H3;3,13,16-19H,4-12H2,1-2H3;1-5H,6H2;3*1H;;/t3*18-,21-,22+,23+,24-,25+,26+;13-,16-,17+,18+,19-,20+;;;;;;/m0000....../s1. The molecule has 12 nitrogen and oxygen atoms in total. The molecule has 16 saturated carbocycles. The van der Waals surface area contributed by atoms with Crippen LogP contribution < -0.4 is 0 Å². The summed E-state index contributed by atoms with van der Waals surface area (Å²) >= 11 is 0. The van der Waals surface area contributed by atoms with Gasteiger partial charge in [0.05, 0.1) is 21.7 Å². The maximum atomic E-state index is 11.9. The van der Waals surface area contributed by atoms with Crippen molar-refractivity contribution in [2.45, 2.75) is 308 Å². The molecule has 0 saturated heterocycles. The molecule has 4 aromatic carbocycles. The molecule has 0 aromatic heterocycles. The Hall–Kier alpha value is -3.93. The van der Waals surface area contributed by atoms with Crippen LogP contribution in [-0.4, -0.2) is 107 Å². The van der Waals surface area contributed by atoms with Crippen molar-refractivity contribution < 1.29 is 99.0 Å². The number of carbonyl (C=O) groups is 1. The number of carbonyl (C=O) groups excluding carboxylic acids is 1. The number of rotatable bonds is 5. The minimum atomic E-state index is -3.66. The molecule has 3 N–H and O–H groups in total. The second-order valence-electron chi connectivity index (χ2n) is 42.8. The summed E-state index contributed by atoms with van der Waals surface area (Å²) in [6.45, 7) is 19.3. The topological polar surface area (TPSA) is 214 Å². The molecular formula is C108H148F4HgNaO12S4. The Bertz CT molecular complexity index is 4760. The van der Waals surface area contributed by atoms with Gasteiger partial charge in [0.2, 0.25) is 57.6 Å². The van der Waals surface area contributed by atoms with Crippen LogP contribution in [0, 0.1) is 140 Å². The smallest absolute Gasteiger partial charge is 0.242 e. The molecule has 0 amide bonds. The molecule has 0 aliphatic heterocycles. The quantitative estimate of drug-likeness (QED) is 0.0560. The van der Waals surface area contributed by atoms with E-state index < -0.39 is 80.4 Å². The molecule has 1 radical (unpaired) electrons. The zero-order valence-corrected chi connectivity index (χ0v) is 89.9. The van der Waals surface area contributed by atoms with Crippen molar-refractivity contribution in [1.29, 1.82) is 0 Å². The van der Waals surface area contributed by atoms with Crippen molar-refractivity contribution in [3.63, 3.8) is 0 Å². The molecule has 22 heteroatoms. The van der Waals surface area contributed by atoms with Crippen LogP contribution in [0.4, 0.5) is 17.6 Å². The van der Waals surface area contributed by atoms with E-state index >= 15 is 0 Å². The molecule has 0 unspecified atom stereocenters. The van der Waals surface area contributed by atoms with Gasteiger partial charge in [-0.1, -0.05) is 183 Å². The van der Waals surface area contributed by atoms with Crippen LogP contribution in [0.3, 0.4) is 0 Å². The molecule has 4 aromatic rings. The van der Waals surface area contributed by atoms with Gasteiger partial charge in [-0.2, -0.15) is 38.4 Å². The average Bonchev–Trinajstić information content (AvgIpc) is 1.54. The monoisotopic (exact) mass is 2070 g/mol. The molecule has 20 rings (SSSR count). The fourth-order valence-corrected chi connectivity index (χ4v) is 33.0. The van der Waals surface area contributed by atoms with E-state index in [1.165, 1.54) is 192 Å². The second-order valence-corrected chi connectivity index (χ2v) is 46.8.